The molecule has 0 N–H and O–H groups in total. The first-order valence-electron chi connectivity index (χ1n) is 7.56. The highest BCUT2D eigenvalue weighted by Gasteiger charge is 2.27. The van der Waals surface area contributed by atoms with Gasteiger partial charge in [0.05, 0.1) is 18.7 Å². The Morgan fingerprint density at radius 3 is 2.71 bits per heavy atom. The van der Waals surface area contributed by atoms with Crippen LogP contribution in [0.5, 0.6) is 5.75 Å². The summed E-state index contributed by atoms with van der Waals surface area (Å²) >= 11 is 0. The van der Waals surface area contributed by atoms with Crippen LogP contribution < -0.4 is 9.64 Å². The standard InChI is InChI=1S/C16H20N2O3/c19-15-8-11-21-14-7-3-2-6-13(14)18(15)12-16(20)17-9-4-1-5-10-17/h2-3,6-7H,1,4-5,8-12H2. The van der Waals surface area contributed by atoms with Gasteiger partial charge in [-0.05, 0) is 31.4 Å². The smallest absolute Gasteiger partial charge is 0.242 e. The third kappa shape index (κ3) is 3.01. The normalized spacial score (nSPS) is 18.8. The van der Waals surface area contributed by atoms with Crippen LogP contribution in [0, 0.1) is 0 Å². The quantitative estimate of drug-likeness (QED) is 0.834. The van der Waals surface area contributed by atoms with E-state index in [1.807, 2.05) is 29.2 Å². The average molecular weight is 288 g/mol. The highest BCUT2D eigenvalue weighted by molar-refractivity contribution is 6.00. The number of piperidine rings is 1. The van der Waals surface area contributed by atoms with E-state index in [0.717, 1.165) is 25.9 Å². The molecule has 0 radical (unpaired) electrons. The van der Waals surface area contributed by atoms with E-state index in [4.69, 9.17) is 4.74 Å². The van der Waals surface area contributed by atoms with E-state index in [9.17, 15) is 9.59 Å². The van der Waals surface area contributed by atoms with Gasteiger partial charge in [-0.25, -0.2) is 0 Å². The maximum absolute atomic E-state index is 12.4. The van der Waals surface area contributed by atoms with Crippen LogP contribution in [0.25, 0.3) is 0 Å². The van der Waals surface area contributed by atoms with E-state index in [0.29, 0.717) is 24.5 Å². The molecule has 3 rings (SSSR count). The molecule has 2 amide bonds. The number of carbonyl (C=O) groups is 2. The lowest BCUT2D eigenvalue weighted by Crippen LogP contribution is -2.44. The molecule has 2 aliphatic heterocycles. The Labute approximate surface area is 124 Å². The number of para-hydroxylation sites is 2. The van der Waals surface area contributed by atoms with E-state index >= 15 is 0 Å². The first kappa shape index (κ1) is 13.9. The fourth-order valence-corrected chi connectivity index (χ4v) is 2.87. The molecule has 2 heterocycles. The number of rotatable bonds is 2. The monoisotopic (exact) mass is 288 g/mol. The van der Waals surface area contributed by atoms with Gasteiger partial charge in [-0.1, -0.05) is 12.1 Å². The van der Waals surface area contributed by atoms with Crippen LogP contribution in [0.2, 0.25) is 0 Å². The minimum Gasteiger partial charge on any atom is -0.491 e. The number of ether oxygens (including phenoxy) is 1. The molecule has 1 saturated heterocycles. The van der Waals surface area contributed by atoms with Gasteiger partial charge >= 0.3 is 0 Å². The third-order valence-corrected chi connectivity index (χ3v) is 4.03. The van der Waals surface area contributed by atoms with Crippen LogP contribution in [0.3, 0.4) is 0 Å². The number of anilines is 1. The Bertz CT molecular complexity index is 538. The topological polar surface area (TPSA) is 49.9 Å². The Balaban J connectivity index is 1.79. The maximum Gasteiger partial charge on any atom is 0.242 e. The van der Waals surface area contributed by atoms with Crippen molar-refractivity contribution in [1.29, 1.82) is 0 Å². The van der Waals surface area contributed by atoms with Crippen molar-refractivity contribution in [3.05, 3.63) is 24.3 Å². The van der Waals surface area contributed by atoms with Crippen molar-refractivity contribution < 1.29 is 14.3 Å². The number of fused-ring (bicyclic) bond motifs is 1. The van der Waals surface area contributed by atoms with Gasteiger partial charge in [0.15, 0.2) is 0 Å². The molecular weight excluding hydrogens is 268 g/mol. The first-order valence-corrected chi connectivity index (χ1v) is 7.56. The zero-order valence-corrected chi connectivity index (χ0v) is 12.1. The molecule has 5 heteroatoms. The summed E-state index contributed by atoms with van der Waals surface area (Å²) in [4.78, 5) is 28.1. The van der Waals surface area contributed by atoms with Crippen LogP contribution >= 0.6 is 0 Å². The van der Waals surface area contributed by atoms with Crippen molar-refractivity contribution in [3.63, 3.8) is 0 Å². The second-order valence-corrected chi connectivity index (χ2v) is 5.49. The van der Waals surface area contributed by atoms with E-state index in [-0.39, 0.29) is 18.4 Å². The molecule has 2 aliphatic rings. The summed E-state index contributed by atoms with van der Waals surface area (Å²) in [5, 5.41) is 0. The van der Waals surface area contributed by atoms with Crippen molar-refractivity contribution in [2.75, 3.05) is 31.1 Å². The van der Waals surface area contributed by atoms with Crippen molar-refractivity contribution in [2.24, 2.45) is 0 Å². The minimum atomic E-state index is -0.0506. The average Bonchev–Trinajstić information content (AvgIpc) is 2.68. The molecule has 0 aliphatic carbocycles. The lowest BCUT2D eigenvalue weighted by molar-refractivity contribution is -0.132. The Kier molecular flexibility index (Phi) is 4.08. The predicted molar refractivity (Wildman–Crippen MR) is 79.3 cm³/mol. The van der Waals surface area contributed by atoms with Gasteiger partial charge in [0, 0.05) is 13.1 Å². The van der Waals surface area contributed by atoms with Crippen LogP contribution in [-0.4, -0.2) is 43.0 Å². The zero-order valence-electron chi connectivity index (χ0n) is 12.1. The lowest BCUT2D eigenvalue weighted by atomic mass is 10.1. The van der Waals surface area contributed by atoms with Gasteiger partial charge in [-0.15, -0.1) is 0 Å². The predicted octanol–water partition coefficient (Wildman–Crippen LogP) is 1.81. The van der Waals surface area contributed by atoms with E-state index in [2.05, 4.69) is 0 Å². The number of carbonyl (C=O) groups excluding carboxylic acids is 2. The van der Waals surface area contributed by atoms with Crippen molar-refractivity contribution in [1.82, 2.24) is 4.90 Å². The van der Waals surface area contributed by atoms with Crippen LogP contribution in [0.15, 0.2) is 24.3 Å². The summed E-state index contributed by atoms with van der Waals surface area (Å²) in [5.74, 6) is 0.653. The first-order chi connectivity index (χ1) is 10.3. The Morgan fingerprint density at radius 2 is 1.90 bits per heavy atom. The highest BCUT2D eigenvalue weighted by atomic mass is 16.5. The van der Waals surface area contributed by atoms with E-state index in [1.54, 1.807) is 4.90 Å². The summed E-state index contributed by atoms with van der Waals surface area (Å²) in [6.07, 6.45) is 3.60. The van der Waals surface area contributed by atoms with Gasteiger partial charge in [0.1, 0.15) is 12.3 Å². The lowest BCUT2D eigenvalue weighted by Gasteiger charge is -2.29. The van der Waals surface area contributed by atoms with Crippen molar-refractivity contribution >= 4 is 17.5 Å². The molecule has 0 atom stereocenters. The number of hydrogen-bond donors (Lipinski definition) is 0. The maximum atomic E-state index is 12.4. The van der Waals surface area contributed by atoms with Gasteiger partial charge < -0.3 is 9.64 Å². The van der Waals surface area contributed by atoms with Gasteiger partial charge in [-0.2, -0.15) is 0 Å². The Hall–Kier alpha value is -2.04. The fraction of sp³-hybridized carbons (Fsp3) is 0.500. The number of likely N-dealkylation sites (tertiary alicyclic amines) is 1. The van der Waals surface area contributed by atoms with Crippen molar-refractivity contribution in [2.45, 2.75) is 25.7 Å². The fourth-order valence-electron chi connectivity index (χ4n) is 2.87. The molecule has 5 nitrogen and oxygen atoms in total. The second-order valence-electron chi connectivity index (χ2n) is 5.49. The summed E-state index contributed by atoms with van der Waals surface area (Å²) in [5.41, 5.74) is 0.699. The van der Waals surface area contributed by atoms with Gasteiger partial charge in [0.2, 0.25) is 11.8 Å². The van der Waals surface area contributed by atoms with Crippen LogP contribution in [-0.2, 0) is 9.59 Å². The van der Waals surface area contributed by atoms with E-state index in [1.165, 1.54) is 6.42 Å². The molecule has 1 aromatic rings. The summed E-state index contributed by atoms with van der Waals surface area (Å²) in [7, 11) is 0. The molecule has 1 aromatic carbocycles. The molecule has 1 fully saturated rings. The van der Waals surface area contributed by atoms with Crippen molar-refractivity contribution in [3.8, 4) is 5.75 Å². The van der Waals surface area contributed by atoms with Gasteiger partial charge in [0.25, 0.3) is 0 Å². The molecule has 112 valence electrons. The molecule has 0 aromatic heterocycles. The number of nitrogens with zero attached hydrogens (tertiary/aromatic N) is 2. The molecule has 0 saturated carbocycles. The summed E-state index contributed by atoms with van der Waals surface area (Å²) < 4.78 is 5.59. The molecule has 21 heavy (non-hydrogen) atoms. The van der Waals surface area contributed by atoms with Crippen LogP contribution in [0.4, 0.5) is 5.69 Å². The van der Waals surface area contributed by atoms with E-state index < -0.39 is 0 Å². The third-order valence-electron chi connectivity index (χ3n) is 4.03. The number of hydrogen-bond acceptors (Lipinski definition) is 3. The zero-order chi connectivity index (χ0) is 14.7. The molecule has 0 unspecified atom stereocenters. The summed E-state index contributed by atoms with van der Waals surface area (Å²) in [6.45, 7) is 2.08. The Morgan fingerprint density at radius 1 is 1.14 bits per heavy atom. The SMILES string of the molecule is O=C(CN1C(=O)CCOc2ccccc21)N1CCCCC1. The largest absolute Gasteiger partial charge is 0.491 e. The molecular formula is C16H20N2O3. The molecule has 0 spiro atoms. The van der Waals surface area contributed by atoms with Gasteiger partial charge in [-0.3, -0.25) is 14.5 Å². The second kappa shape index (κ2) is 6.16. The molecule has 0 bridgehead atoms. The number of benzene rings is 1. The highest BCUT2D eigenvalue weighted by Crippen LogP contribution is 2.30. The minimum absolute atomic E-state index is 0.0275. The summed E-state index contributed by atoms with van der Waals surface area (Å²) in [6, 6.07) is 7.41. The number of amides is 2. The van der Waals surface area contributed by atoms with Crippen LogP contribution in [0.1, 0.15) is 25.7 Å².